The van der Waals surface area contributed by atoms with Gasteiger partial charge >= 0.3 is 11.1 Å². The van der Waals surface area contributed by atoms with Crippen molar-refractivity contribution >= 4 is 11.8 Å². The van der Waals surface area contributed by atoms with Gasteiger partial charge in [-0.1, -0.05) is 30.0 Å². The second kappa shape index (κ2) is 6.23. The molecule has 1 aromatic heterocycles. The largest absolute Gasteiger partial charge is 0.339 e. The average molecular weight is 310 g/mol. The van der Waals surface area contributed by atoms with Crippen LogP contribution in [0.5, 0.6) is 0 Å². The lowest BCUT2D eigenvalue weighted by molar-refractivity contribution is 0.579. The zero-order valence-electron chi connectivity index (χ0n) is 11.5. The molecule has 0 spiro atoms. The van der Waals surface area contributed by atoms with Crippen LogP contribution in [0.25, 0.3) is 0 Å². The smallest absolute Gasteiger partial charge is 0.327 e. The number of hydrogen-bond donors (Lipinski definition) is 2. The number of nitrogens with two attached hydrogens (primary N) is 1. The van der Waals surface area contributed by atoms with Crippen LogP contribution in [0.4, 0.5) is 4.39 Å². The molecule has 0 aliphatic rings. The molecule has 21 heavy (non-hydrogen) atoms. The van der Waals surface area contributed by atoms with Crippen LogP contribution in [0, 0.1) is 5.82 Å². The van der Waals surface area contributed by atoms with Gasteiger partial charge in [-0.25, -0.2) is 4.39 Å². The Morgan fingerprint density at radius 1 is 1.38 bits per heavy atom. The number of nitrogens with one attached hydrogen (secondary N) is 1. The van der Waals surface area contributed by atoms with Crippen molar-refractivity contribution in [1.29, 1.82) is 0 Å². The van der Waals surface area contributed by atoms with Gasteiger partial charge in [-0.2, -0.15) is 4.98 Å². The maximum absolute atomic E-state index is 13.9. The highest BCUT2D eigenvalue weighted by molar-refractivity contribution is 7.99. The molecule has 2 atom stereocenters. The standard InChI is InChI=1S/C13H15FN4O2S/c1-7(15)10(8-5-3-4-6-9(8)14)21-13-16-11(19)12(20)17-18(13)2/h3-7,10H,15H2,1-2H3,(H,17,20). The molecule has 0 fully saturated rings. The number of aromatic amines is 1. The number of rotatable bonds is 4. The fourth-order valence-corrected chi connectivity index (χ4v) is 2.94. The van der Waals surface area contributed by atoms with Gasteiger partial charge in [0.2, 0.25) is 0 Å². The van der Waals surface area contributed by atoms with Crippen molar-refractivity contribution in [2.45, 2.75) is 23.4 Å². The quantitative estimate of drug-likeness (QED) is 0.643. The van der Waals surface area contributed by atoms with Gasteiger partial charge in [0.25, 0.3) is 0 Å². The summed E-state index contributed by atoms with van der Waals surface area (Å²) in [6.45, 7) is 1.74. The number of hydrogen-bond acceptors (Lipinski definition) is 5. The van der Waals surface area contributed by atoms with E-state index in [1.807, 2.05) is 0 Å². The zero-order chi connectivity index (χ0) is 15.6. The summed E-state index contributed by atoms with van der Waals surface area (Å²) in [5.41, 5.74) is 4.67. The van der Waals surface area contributed by atoms with Crippen molar-refractivity contribution in [2.24, 2.45) is 12.8 Å². The summed E-state index contributed by atoms with van der Waals surface area (Å²) in [4.78, 5) is 26.2. The minimum absolute atomic E-state index is 0.269. The Kier molecular flexibility index (Phi) is 4.59. The summed E-state index contributed by atoms with van der Waals surface area (Å²) >= 11 is 1.13. The van der Waals surface area contributed by atoms with Crippen LogP contribution in [0.3, 0.4) is 0 Å². The number of halogens is 1. The molecule has 112 valence electrons. The monoisotopic (exact) mass is 310 g/mol. The fourth-order valence-electron chi connectivity index (χ4n) is 1.84. The molecule has 1 aromatic carbocycles. The van der Waals surface area contributed by atoms with Gasteiger partial charge < -0.3 is 5.73 Å². The van der Waals surface area contributed by atoms with Gasteiger partial charge in [-0.05, 0) is 13.0 Å². The second-order valence-electron chi connectivity index (χ2n) is 4.62. The van der Waals surface area contributed by atoms with E-state index in [0.29, 0.717) is 5.56 Å². The second-order valence-corrected chi connectivity index (χ2v) is 5.73. The third-order valence-corrected chi connectivity index (χ3v) is 4.38. The molecule has 2 unspecified atom stereocenters. The van der Waals surface area contributed by atoms with Gasteiger partial charge in [-0.3, -0.25) is 19.4 Å². The van der Waals surface area contributed by atoms with Gasteiger partial charge in [0.15, 0.2) is 5.16 Å². The van der Waals surface area contributed by atoms with Gasteiger partial charge in [0.1, 0.15) is 5.82 Å². The van der Waals surface area contributed by atoms with E-state index in [1.54, 1.807) is 32.2 Å². The van der Waals surface area contributed by atoms with Crippen LogP contribution in [0.2, 0.25) is 0 Å². The average Bonchev–Trinajstić information content (AvgIpc) is 2.42. The summed E-state index contributed by atoms with van der Waals surface area (Å²) in [6, 6.07) is 5.92. The van der Waals surface area contributed by atoms with Crippen LogP contribution in [-0.4, -0.2) is 20.8 Å². The van der Waals surface area contributed by atoms with E-state index in [-0.39, 0.29) is 17.0 Å². The highest BCUT2D eigenvalue weighted by Crippen LogP contribution is 2.36. The van der Waals surface area contributed by atoms with Crippen molar-refractivity contribution in [1.82, 2.24) is 14.8 Å². The van der Waals surface area contributed by atoms with Crippen LogP contribution in [0.15, 0.2) is 39.0 Å². The van der Waals surface area contributed by atoms with Crippen molar-refractivity contribution in [3.63, 3.8) is 0 Å². The predicted octanol–water partition coefficient (Wildman–Crippen LogP) is 0.788. The van der Waals surface area contributed by atoms with E-state index in [4.69, 9.17) is 5.73 Å². The van der Waals surface area contributed by atoms with Gasteiger partial charge in [-0.15, -0.1) is 0 Å². The van der Waals surface area contributed by atoms with E-state index in [9.17, 15) is 14.0 Å². The SMILES string of the molecule is CC(N)C(Sc1nc(=O)c(=O)[nH]n1C)c1ccccc1F. The molecule has 0 radical (unpaired) electrons. The highest BCUT2D eigenvalue weighted by Gasteiger charge is 2.23. The number of nitrogens with zero attached hydrogens (tertiary/aromatic N) is 2. The fraction of sp³-hybridized carbons (Fsp3) is 0.308. The summed E-state index contributed by atoms with van der Waals surface area (Å²) in [5, 5.41) is 2.18. The third-order valence-electron chi connectivity index (χ3n) is 2.87. The minimum atomic E-state index is -0.882. The summed E-state index contributed by atoms with van der Waals surface area (Å²) in [6.07, 6.45) is 0. The summed E-state index contributed by atoms with van der Waals surface area (Å²) in [5.74, 6) is -0.373. The molecule has 6 nitrogen and oxygen atoms in total. The Morgan fingerprint density at radius 3 is 2.67 bits per heavy atom. The summed E-state index contributed by atoms with van der Waals surface area (Å²) < 4.78 is 15.3. The molecular weight excluding hydrogens is 295 g/mol. The number of aromatic nitrogens is 3. The molecule has 8 heteroatoms. The third kappa shape index (κ3) is 3.40. The molecule has 0 aliphatic carbocycles. The Balaban J connectivity index is 2.43. The molecule has 0 amide bonds. The maximum Gasteiger partial charge on any atom is 0.339 e. The van der Waals surface area contributed by atoms with Crippen LogP contribution >= 0.6 is 11.8 Å². The van der Waals surface area contributed by atoms with Crippen molar-refractivity contribution in [2.75, 3.05) is 0 Å². The molecule has 0 saturated carbocycles. The zero-order valence-corrected chi connectivity index (χ0v) is 12.4. The number of thioether (sulfide) groups is 1. The molecule has 3 N–H and O–H groups in total. The molecule has 2 aromatic rings. The molecule has 0 aliphatic heterocycles. The Bertz CT molecular complexity index is 756. The molecule has 0 saturated heterocycles. The topological polar surface area (TPSA) is 93.8 Å². The van der Waals surface area contributed by atoms with Crippen LogP contribution < -0.4 is 16.9 Å². The molecular formula is C13H15FN4O2S. The van der Waals surface area contributed by atoms with Gasteiger partial charge in [0, 0.05) is 18.7 Å². The predicted molar refractivity (Wildman–Crippen MR) is 78.7 cm³/mol. The first-order chi connectivity index (χ1) is 9.90. The van der Waals surface area contributed by atoms with Crippen molar-refractivity contribution < 1.29 is 4.39 Å². The van der Waals surface area contributed by atoms with Crippen molar-refractivity contribution in [3.05, 3.63) is 56.4 Å². The van der Waals surface area contributed by atoms with E-state index in [2.05, 4.69) is 10.1 Å². The maximum atomic E-state index is 13.9. The minimum Gasteiger partial charge on any atom is -0.327 e. The van der Waals surface area contributed by atoms with Crippen LogP contribution in [-0.2, 0) is 7.05 Å². The first-order valence-corrected chi connectivity index (χ1v) is 7.12. The number of benzene rings is 1. The highest BCUT2D eigenvalue weighted by atomic mass is 32.2. The Labute approximate surface area is 124 Å². The first-order valence-electron chi connectivity index (χ1n) is 6.24. The van der Waals surface area contributed by atoms with Crippen molar-refractivity contribution in [3.8, 4) is 0 Å². The normalized spacial score (nSPS) is 13.9. The van der Waals surface area contributed by atoms with Crippen LogP contribution in [0.1, 0.15) is 17.7 Å². The molecule has 2 rings (SSSR count). The Hall–Kier alpha value is -1.93. The van der Waals surface area contributed by atoms with E-state index < -0.39 is 16.4 Å². The van der Waals surface area contributed by atoms with Gasteiger partial charge in [0.05, 0.1) is 5.25 Å². The summed E-state index contributed by atoms with van der Waals surface area (Å²) in [7, 11) is 1.55. The van der Waals surface area contributed by atoms with E-state index in [1.165, 1.54) is 10.7 Å². The lowest BCUT2D eigenvalue weighted by Crippen LogP contribution is -2.34. The Morgan fingerprint density at radius 2 is 2.05 bits per heavy atom. The molecule has 1 heterocycles. The molecule has 0 bridgehead atoms. The number of H-pyrrole nitrogens is 1. The lowest BCUT2D eigenvalue weighted by Gasteiger charge is -2.21. The van der Waals surface area contributed by atoms with E-state index >= 15 is 0 Å². The number of aryl methyl sites for hydroxylation is 1. The lowest BCUT2D eigenvalue weighted by atomic mass is 10.1. The first kappa shape index (κ1) is 15.5. The van der Waals surface area contributed by atoms with E-state index in [0.717, 1.165) is 11.8 Å².